The van der Waals surface area contributed by atoms with Gasteiger partial charge in [0.2, 0.25) is 0 Å². The Morgan fingerprint density at radius 1 is 1.36 bits per heavy atom. The second kappa shape index (κ2) is 3.08. The number of nitrogens with zero attached hydrogens (tertiary/aromatic N) is 2. The molecule has 74 valence electrons. The maximum atomic E-state index is 13.5. The van der Waals surface area contributed by atoms with Crippen LogP contribution in [0.5, 0.6) is 0 Å². The SMILES string of the molecule is CC(C)c1cc2cn(C)nc2cc1F. The molecule has 2 rings (SSSR count). The first-order valence-corrected chi connectivity index (χ1v) is 4.70. The van der Waals surface area contributed by atoms with Crippen LogP contribution in [0.4, 0.5) is 4.39 Å². The lowest BCUT2D eigenvalue weighted by Crippen LogP contribution is -1.92. The molecule has 0 aliphatic carbocycles. The van der Waals surface area contributed by atoms with Crippen molar-refractivity contribution in [2.45, 2.75) is 19.8 Å². The van der Waals surface area contributed by atoms with Crippen molar-refractivity contribution in [3.8, 4) is 0 Å². The lowest BCUT2D eigenvalue weighted by Gasteiger charge is -2.05. The van der Waals surface area contributed by atoms with Crippen LogP contribution < -0.4 is 0 Å². The number of rotatable bonds is 1. The van der Waals surface area contributed by atoms with E-state index >= 15 is 0 Å². The van der Waals surface area contributed by atoms with E-state index in [1.165, 1.54) is 6.07 Å². The van der Waals surface area contributed by atoms with E-state index in [4.69, 9.17) is 0 Å². The molecule has 0 spiro atoms. The van der Waals surface area contributed by atoms with E-state index in [1.807, 2.05) is 33.2 Å². The summed E-state index contributed by atoms with van der Waals surface area (Å²) >= 11 is 0. The quantitative estimate of drug-likeness (QED) is 0.679. The van der Waals surface area contributed by atoms with Gasteiger partial charge in [-0.15, -0.1) is 0 Å². The van der Waals surface area contributed by atoms with Crippen molar-refractivity contribution < 1.29 is 4.39 Å². The molecule has 1 heterocycles. The van der Waals surface area contributed by atoms with Gasteiger partial charge in [0.25, 0.3) is 0 Å². The third-order valence-electron chi connectivity index (χ3n) is 2.36. The van der Waals surface area contributed by atoms with Crippen LogP contribution in [0.1, 0.15) is 25.3 Å². The van der Waals surface area contributed by atoms with Gasteiger partial charge in [-0.25, -0.2) is 4.39 Å². The van der Waals surface area contributed by atoms with Crippen LogP contribution in [0.3, 0.4) is 0 Å². The molecule has 0 radical (unpaired) electrons. The molecule has 1 aromatic heterocycles. The number of halogens is 1. The highest BCUT2D eigenvalue weighted by molar-refractivity contribution is 5.79. The fourth-order valence-corrected chi connectivity index (χ4v) is 1.63. The van der Waals surface area contributed by atoms with Crippen LogP contribution in [-0.2, 0) is 7.05 Å². The predicted molar refractivity (Wildman–Crippen MR) is 54.8 cm³/mol. The topological polar surface area (TPSA) is 17.8 Å². The highest BCUT2D eigenvalue weighted by Crippen LogP contribution is 2.23. The highest BCUT2D eigenvalue weighted by Gasteiger charge is 2.09. The summed E-state index contributed by atoms with van der Waals surface area (Å²) in [6.07, 6.45) is 1.90. The van der Waals surface area contributed by atoms with Crippen LogP contribution in [0.25, 0.3) is 10.9 Å². The van der Waals surface area contributed by atoms with Gasteiger partial charge < -0.3 is 0 Å². The molecule has 0 aliphatic heterocycles. The molecule has 0 N–H and O–H groups in total. The van der Waals surface area contributed by atoms with Crippen LogP contribution >= 0.6 is 0 Å². The van der Waals surface area contributed by atoms with Crippen molar-refractivity contribution in [3.05, 3.63) is 29.7 Å². The Morgan fingerprint density at radius 2 is 2.07 bits per heavy atom. The summed E-state index contributed by atoms with van der Waals surface area (Å²) in [7, 11) is 1.84. The van der Waals surface area contributed by atoms with Crippen molar-refractivity contribution in [2.24, 2.45) is 7.05 Å². The fraction of sp³-hybridized carbons (Fsp3) is 0.364. The Kier molecular flexibility index (Phi) is 2.02. The minimum atomic E-state index is -0.161. The van der Waals surface area contributed by atoms with Gasteiger partial charge in [-0.2, -0.15) is 5.10 Å². The second-order valence-electron chi connectivity index (χ2n) is 3.89. The zero-order valence-electron chi connectivity index (χ0n) is 8.58. The van der Waals surface area contributed by atoms with Gasteiger partial charge in [-0.1, -0.05) is 13.8 Å². The summed E-state index contributed by atoms with van der Waals surface area (Å²) in [4.78, 5) is 0. The van der Waals surface area contributed by atoms with Crippen molar-refractivity contribution in [3.63, 3.8) is 0 Å². The molecule has 0 aliphatic rings. The van der Waals surface area contributed by atoms with Crippen LogP contribution in [0, 0.1) is 5.82 Å². The normalized spacial score (nSPS) is 11.5. The fourth-order valence-electron chi connectivity index (χ4n) is 1.63. The monoisotopic (exact) mass is 192 g/mol. The summed E-state index contributed by atoms with van der Waals surface area (Å²) < 4.78 is 15.2. The number of benzene rings is 1. The Balaban J connectivity index is 2.70. The lowest BCUT2D eigenvalue weighted by molar-refractivity contribution is 0.600. The predicted octanol–water partition coefficient (Wildman–Crippen LogP) is 2.84. The summed E-state index contributed by atoms with van der Waals surface area (Å²) in [5, 5.41) is 5.15. The Labute approximate surface area is 82.3 Å². The highest BCUT2D eigenvalue weighted by atomic mass is 19.1. The van der Waals surface area contributed by atoms with Gasteiger partial charge in [0.15, 0.2) is 0 Å². The Morgan fingerprint density at radius 3 is 2.71 bits per heavy atom. The molecule has 2 aromatic rings. The molecule has 0 unspecified atom stereocenters. The van der Waals surface area contributed by atoms with Gasteiger partial charge in [0.05, 0.1) is 5.52 Å². The average Bonchev–Trinajstić information content (AvgIpc) is 2.42. The van der Waals surface area contributed by atoms with Crippen molar-refractivity contribution in [1.82, 2.24) is 9.78 Å². The Hall–Kier alpha value is -1.38. The summed E-state index contributed by atoms with van der Waals surface area (Å²) in [6.45, 7) is 3.97. The standard InChI is InChI=1S/C11H13FN2/c1-7(2)9-4-8-6-14(3)13-11(8)5-10(9)12/h4-7H,1-3H3. The van der Waals surface area contributed by atoms with Gasteiger partial charge in [0, 0.05) is 24.7 Å². The van der Waals surface area contributed by atoms with E-state index in [0.29, 0.717) is 0 Å². The zero-order chi connectivity index (χ0) is 10.3. The molecule has 0 amide bonds. The van der Waals surface area contributed by atoms with E-state index in [-0.39, 0.29) is 11.7 Å². The van der Waals surface area contributed by atoms with E-state index in [9.17, 15) is 4.39 Å². The third-order valence-corrected chi connectivity index (χ3v) is 2.36. The minimum Gasteiger partial charge on any atom is -0.275 e. The van der Waals surface area contributed by atoms with Crippen LogP contribution in [0.2, 0.25) is 0 Å². The number of hydrogen-bond acceptors (Lipinski definition) is 1. The zero-order valence-corrected chi connectivity index (χ0v) is 8.58. The van der Waals surface area contributed by atoms with E-state index in [2.05, 4.69) is 5.10 Å². The molecule has 1 aromatic carbocycles. The first kappa shape index (κ1) is 9.19. The molecule has 0 saturated carbocycles. The number of aromatic nitrogens is 2. The van der Waals surface area contributed by atoms with Crippen LogP contribution in [0.15, 0.2) is 18.3 Å². The molecule has 14 heavy (non-hydrogen) atoms. The van der Waals surface area contributed by atoms with E-state index < -0.39 is 0 Å². The van der Waals surface area contributed by atoms with Crippen molar-refractivity contribution in [1.29, 1.82) is 0 Å². The van der Waals surface area contributed by atoms with Gasteiger partial charge in [-0.3, -0.25) is 4.68 Å². The Bertz CT molecular complexity index is 471. The maximum absolute atomic E-state index is 13.5. The molecule has 0 fully saturated rings. The molecule has 0 saturated heterocycles. The molecule has 2 nitrogen and oxygen atoms in total. The smallest absolute Gasteiger partial charge is 0.128 e. The maximum Gasteiger partial charge on any atom is 0.128 e. The van der Waals surface area contributed by atoms with Crippen molar-refractivity contribution >= 4 is 10.9 Å². The van der Waals surface area contributed by atoms with Crippen molar-refractivity contribution in [2.75, 3.05) is 0 Å². The number of hydrogen-bond donors (Lipinski definition) is 0. The van der Waals surface area contributed by atoms with E-state index in [1.54, 1.807) is 4.68 Å². The lowest BCUT2D eigenvalue weighted by atomic mass is 10.0. The van der Waals surface area contributed by atoms with E-state index in [0.717, 1.165) is 16.5 Å². The summed E-state index contributed by atoms with van der Waals surface area (Å²) in [5.74, 6) is 0.0470. The summed E-state index contributed by atoms with van der Waals surface area (Å²) in [5.41, 5.74) is 1.47. The van der Waals surface area contributed by atoms with Crippen LogP contribution in [-0.4, -0.2) is 9.78 Å². The minimum absolute atomic E-state index is 0.161. The molecular formula is C11H13FN2. The molecular weight excluding hydrogens is 179 g/mol. The molecule has 3 heteroatoms. The second-order valence-corrected chi connectivity index (χ2v) is 3.89. The first-order valence-electron chi connectivity index (χ1n) is 4.70. The van der Waals surface area contributed by atoms with Gasteiger partial charge in [-0.05, 0) is 17.5 Å². The first-order chi connectivity index (χ1) is 6.58. The third kappa shape index (κ3) is 1.39. The number of fused-ring (bicyclic) bond motifs is 1. The summed E-state index contributed by atoms with van der Waals surface area (Å²) in [6, 6.07) is 3.38. The van der Waals surface area contributed by atoms with Gasteiger partial charge in [0.1, 0.15) is 5.82 Å². The average molecular weight is 192 g/mol. The molecule has 0 bridgehead atoms. The number of aryl methyl sites for hydroxylation is 1. The molecule has 0 atom stereocenters. The largest absolute Gasteiger partial charge is 0.275 e. The van der Waals surface area contributed by atoms with Gasteiger partial charge >= 0.3 is 0 Å².